The third kappa shape index (κ3) is 6.29. The summed E-state index contributed by atoms with van der Waals surface area (Å²) in [7, 11) is 0. The highest BCUT2D eigenvalue weighted by Crippen LogP contribution is 2.34. The molecule has 1 saturated heterocycles. The van der Waals surface area contributed by atoms with Crippen LogP contribution in [0.5, 0.6) is 11.5 Å². The summed E-state index contributed by atoms with van der Waals surface area (Å²) in [4.78, 5) is 27.6. The number of carbonyl (C=O) groups is 2. The van der Waals surface area contributed by atoms with Crippen molar-refractivity contribution in [1.29, 1.82) is 0 Å². The maximum atomic E-state index is 12.9. The molecular formula is C27H35N3O4. The Morgan fingerprint density at radius 1 is 1.00 bits per heavy atom. The van der Waals surface area contributed by atoms with Gasteiger partial charge in [0.15, 0.2) is 11.5 Å². The second-order valence-corrected chi connectivity index (χ2v) is 9.45. The number of hydrogen-bond acceptors (Lipinski definition) is 5. The van der Waals surface area contributed by atoms with E-state index in [4.69, 9.17) is 9.47 Å². The van der Waals surface area contributed by atoms with Gasteiger partial charge in [0.25, 0.3) is 0 Å². The lowest BCUT2D eigenvalue weighted by Crippen LogP contribution is -2.44. The molecule has 34 heavy (non-hydrogen) atoms. The number of amides is 2. The molecule has 182 valence electrons. The first-order valence-electron chi connectivity index (χ1n) is 12.3. The summed E-state index contributed by atoms with van der Waals surface area (Å²) in [6.45, 7) is 7.29. The van der Waals surface area contributed by atoms with E-state index in [1.54, 1.807) is 0 Å². The molecule has 0 aromatic heterocycles. The Labute approximate surface area is 201 Å². The Morgan fingerprint density at radius 2 is 1.71 bits per heavy atom. The van der Waals surface area contributed by atoms with E-state index in [1.807, 2.05) is 48.5 Å². The number of ether oxygens (including phenoxy) is 2. The van der Waals surface area contributed by atoms with E-state index < -0.39 is 0 Å². The van der Waals surface area contributed by atoms with Gasteiger partial charge in [0.05, 0.1) is 25.8 Å². The maximum absolute atomic E-state index is 12.9. The molecule has 4 rings (SSSR count). The lowest BCUT2D eigenvalue weighted by atomic mass is 9.95. The third-order valence-electron chi connectivity index (χ3n) is 6.48. The average Bonchev–Trinajstić information content (AvgIpc) is 3.08. The van der Waals surface area contributed by atoms with Crippen LogP contribution < -0.4 is 20.1 Å². The summed E-state index contributed by atoms with van der Waals surface area (Å²) in [5.74, 6) is 1.76. The van der Waals surface area contributed by atoms with Crippen molar-refractivity contribution >= 4 is 17.5 Å². The van der Waals surface area contributed by atoms with Crippen LogP contribution in [0.4, 0.5) is 5.69 Å². The van der Waals surface area contributed by atoms with Crippen molar-refractivity contribution in [2.75, 3.05) is 38.2 Å². The van der Waals surface area contributed by atoms with Crippen molar-refractivity contribution in [2.24, 2.45) is 11.8 Å². The molecule has 2 aromatic rings. The smallest absolute Gasteiger partial charge is 0.234 e. The molecule has 2 heterocycles. The molecule has 2 aliphatic heterocycles. The van der Waals surface area contributed by atoms with Crippen molar-refractivity contribution in [1.82, 2.24) is 10.2 Å². The molecule has 2 N–H and O–H groups in total. The first kappa shape index (κ1) is 24.1. The summed E-state index contributed by atoms with van der Waals surface area (Å²) in [5.41, 5.74) is 1.84. The highest BCUT2D eigenvalue weighted by atomic mass is 16.5. The van der Waals surface area contributed by atoms with Crippen molar-refractivity contribution in [3.63, 3.8) is 0 Å². The molecule has 2 aromatic carbocycles. The van der Waals surface area contributed by atoms with Crippen molar-refractivity contribution in [3.05, 3.63) is 54.1 Å². The van der Waals surface area contributed by atoms with Gasteiger partial charge in [0.2, 0.25) is 11.8 Å². The lowest BCUT2D eigenvalue weighted by Gasteiger charge is -2.31. The quantitative estimate of drug-likeness (QED) is 0.646. The number of fused-ring (bicyclic) bond motifs is 1. The van der Waals surface area contributed by atoms with Gasteiger partial charge < -0.3 is 20.1 Å². The zero-order valence-corrected chi connectivity index (χ0v) is 20.1. The van der Waals surface area contributed by atoms with Gasteiger partial charge in [-0.2, -0.15) is 0 Å². The minimum atomic E-state index is -0.112. The minimum Gasteiger partial charge on any atom is -0.490 e. The van der Waals surface area contributed by atoms with E-state index in [0.717, 1.165) is 55.1 Å². The molecule has 1 unspecified atom stereocenters. The number of likely N-dealkylation sites (tertiary alicyclic amines) is 1. The van der Waals surface area contributed by atoms with Crippen molar-refractivity contribution < 1.29 is 19.1 Å². The molecule has 0 spiro atoms. The van der Waals surface area contributed by atoms with Crippen LogP contribution in [-0.2, 0) is 9.59 Å². The van der Waals surface area contributed by atoms with E-state index in [2.05, 4.69) is 29.4 Å². The predicted octanol–water partition coefficient (Wildman–Crippen LogP) is 4.01. The van der Waals surface area contributed by atoms with Crippen LogP contribution in [-0.4, -0.2) is 49.6 Å². The second kappa shape index (κ2) is 11.4. The number of piperidine rings is 1. The van der Waals surface area contributed by atoms with Crippen LogP contribution >= 0.6 is 0 Å². The largest absolute Gasteiger partial charge is 0.490 e. The Bertz CT molecular complexity index is 971. The van der Waals surface area contributed by atoms with Crippen LogP contribution in [0.1, 0.15) is 44.7 Å². The molecule has 0 aliphatic carbocycles. The van der Waals surface area contributed by atoms with Gasteiger partial charge in [-0.3, -0.25) is 14.5 Å². The Balaban J connectivity index is 1.29. The van der Waals surface area contributed by atoms with Gasteiger partial charge in [-0.05, 0) is 61.7 Å². The van der Waals surface area contributed by atoms with Crippen LogP contribution in [0.15, 0.2) is 48.5 Å². The average molecular weight is 466 g/mol. The topological polar surface area (TPSA) is 79.9 Å². The Morgan fingerprint density at radius 3 is 2.41 bits per heavy atom. The molecular weight excluding hydrogens is 430 g/mol. The van der Waals surface area contributed by atoms with Crippen molar-refractivity contribution in [2.45, 2.75) is 39.2 Å². The summed E-state index contributed by atoms with van der Waals surface area (Å²) in [5, 5.41) is 6.21. The number of nitrogens with one attached hydrogen (secondary N) is 2. The highest BCUT2D eigenvalue weighted by Gasteiger charge is 2.27. The first-order valence-corrected chi connectivity index (χ1v) is 12.3. The van der Waals surface area contributed by atoms with Crippen LogP contribution in [0.25, 0.3) is 0 Å². The van der Waals surface area contributed by atoms with E-state index in [9.17, 15) is 9.59 Å². The minimum absolute atomic E-state index is 0.00185. The van der Waals surface area contributed by atoms with E-state index >= 15 is 0 Å². The molecule has 0 saturated carbocycles. The number of benzene rings is 2. The summed E-state index contributed by atoms with van der Waals surface area (Å²) >= 11 is 0. The fraction of sp³-hybridized carbons (Fsp3) is 0.481. The number of para-hydroxylation sites is 1. The van der Waals surface area contributed by atoms with E-state index in [-0.39, 0.29) is 29.7 Å². The SMILES string of the molecule is CC(C)C(NC(=O)CN1CCC(C(=O)Nc2ccccc2)CC1)c1ccc2c(c1)OCCCO2. The van der Waals surface area contributed by atoms with Gasteiger partial charge in [0, 0.05) is 18.0 Å². The van der Waals surface area contributed by atoms with Gasteiger partial charge in [-0.1, -0.05) is 38.1 Å². The van der Waals surface area contributed by atoms with Crippen LogP contribution in [0, 0.1) is 11.8 Å². The summed E-state index contributed by atoms with van der Waals surface area (Å²) < 4.78 is 11.6. The predicted molar refractivity (Wildman–Crippen MR) is 132 cm³/mol. The van der Waals surface area contributed by atoms with Crippen molar-refractivity contribution in [3.8, 4) is 11.5 Å². The van der Waals surface area contributed by atoms with E-state index in [1.165, 1.54) is 0 Å². The standard InChI is InChI=1S/C27H35N3O4/c1-19(2)26(21-9-10-23-24(17-21)34-16-6-15-33-23)29-25(31)18-30-13-11-20(12-14-30)27(32)28-22-7-4-3-5-8-22/h3-5,7-10,17,19-20,26H,6,11-16,18H2,1-2H3,(H,28,32)(H,29,31). The third-order valence-corrected chi connectivity index (χ3v) is 6.48. The fourth-order valence-electron chi connectivity index (χ4n) is 4.55. The first-order chi connectivity index (χ1) is 16.5. The normalized spacial score (nSPS) is 17.6. The number of nitrogens with zero attached hydrogens (tertiary/aromatic N) is 1. The van der Waals surface area contributed by atoms with Crippen LogP contribution in [0.3, 0.4) is 0 Å². The molecule has 0 bridgehead atoms. The number of rotatable bonds is 7. The fourth-order valence-corrected chi connectivity index (χ4v) is 4.55. The zero-order chi connectivity index (χ0) is 23.9. The molecule has 7 nitrogen and oxygen atoms in total. The molecule has 0 radical (unpaired) electrons. The second-order valence-electron chi connectivity index (χ2n) is 9.45. The number of carbonyl (C=O) groups excluding carboxylic acids is 2. The van der Waals surface area contributed by atoms with Gasteiger partial charge in [-0.25, -0.2) is 0 Å². The molecule has 7 heteroatoms. The lowest BCUT2D eigenvalue weighted by molar-refractivity contribution is -0.124. The summed E-state index contributed by atoms with van der Waals surface area (Å²) in [6.07, 6.45) is 2.36. The van der Waals surface area contributed by atoms with E-state index in [0.29, 0.717) is 19.8 Å². The monoisotopic (exact) mass is 465 g/mol. The summed E-state index contributed by atoms with van der Waals surface area (Å²) in [6, 6.07) is 15.4. The van der Waals surface area contributed by atoms with Gasteiger partial charge in [-0.15, -0.1) is 0 Å². The van der Waals surface area contributed by atoms with Gasteiger partial charge in [0.1, 0.15) is 0 Å². The molecule has 1 fully saturated rings. The number of anilines is 1. The molecule has 2 aliphatic rings. The maximum Gasteiger partial charge on any atom is 0.234 e. The highest BCUT2D eigenvalue weighted by molar-refractivity contribution is 5.92. The Hall–Kier alpha value is -3.06. The van der Waals surface area contributed by atoms with Gasteiger partial charge >= 0.3 is 0 Å². The Kier molecular flexibility index (Phi) is 8.06. The molecule has 2 amide bonds. The van der Waals surface area contributed by atoms with Crippen LogP contribution in [0.2, 0.25) is 0 Å². The zero-order valence-electron chi connectivity index (χ0n) is 20.1. The number of hydrogen-bond donors (Lipinski definition) is 2. The molecule has 1 atom stereocenters.